The summed E-state index contributed by atoms with van der Waals surface area (Å²) in [6, 6.07) is 4.97. The molecule has 2 atom stereocenters. The molecule has 0 aliphatic heterocycles. The van der Waals surface area contributed by atoms with Gasteiger partial charge in [-0.05, 0) is 37.0 Å². The van der Waals surface area contributed by atoms with Crippen LogP contribution < -0.4 is 11.1 Å². The van der Waals surface area contributed by atoms with Crippen LogP contribution in [-0.4, -0.2) is 6.04 Å². The van der Waals surface area contributed by atoms with E-state index in [4.69, 9.17) is 5.73 Å². The Labute approximate surface area is 100 Å². The second-order valence-corrected chi connectivity index (χ2v) is 4.81. The molecule has 0 radical (unpaired) electrons. The maximum absolute atomic E-state index is 12.9. The number of nitrogen functional groups attached to an aromatic ring is 1. The van der Waals surface area contributed by atoms with Gasteiger partial charge in [0.25, 0.3) is 6.43 Å². The standard InChI is InChI=1S/C13H18F2N2/c1-8-3-2-4-11(8)17-12-6-5-9(16)7-10(12)13(14)15/h5-8,11,13,17H,2-4,16H2,1H3. The van der Waals surface area contributed by atoms with Crippen molar-refractivity contribution in [1.29, 1.82) is 0 Å². The summed E-state index contributed by atoms with van der Waals surface area (Å²) in [6.45, 7) is 2.16. The van der Waals surface area contributed by atoms with Crippen molar-refractivity contribution in [1.82, 2.24) is 0 Å². The number of rotatable bonds is 3. The Morgan fingerprint density at radius 3 is 2.71 bits per heavy atom. The van der Waals surface area contributed by atoms with Crippen molar-refractivity contribution >= 4 is 11.4 Å². The normalized spacial score (nSPS) is 24.2. The van der Waals surface area contributed by atoms with Gasteiger partial charge in [0.15, 0.2) is 0 Å². The van der Waals surface area contributed by atoms with Gasteiger partial charge in [0.05, 0.1) is 0 Å². The number of nitrogens with one attached hydrogen (secondary N) is 1. The van der Waals surface area contributed by atoms with Crippen LogP contribution in [0.5, 0.6) is 0 Å². The summed E-state index contributed by atoms with van der Waals surface area (Å²) in [5, 5.41) is 3.23. The summed E-state index contributed by atoms with van der Waals surface area (Å²) in [5.74, 6) is 0.540. The second-order valence-electron chi connectivity index (χ2n) is 4.81. The first kappa shape index (κ1) is 12.1. The van der Waals surface area contributed by atoms with Gasteiger partial charge in [0.1, 0.15) is 0 Å². The van der Waals surface area contributed by atoms with Crippen molar-refractivity contribution in [3.8, 4) is 0 Å². The minimum Gasteiger partial charge on any atom is -0.399 e. The molecule has 1 saturated carbocycles. The maximum atomic E-state index is 12.9. The lowest BCUT2D eigenvalue weighted by molar-refractivity contribution is 0.152. The highest BCUT2D eigenvalue weighted by atomic mass is 19.3. The molecular weight excluding hydrogens is 222 g/mol. The highest BCUT2D eigenvalue weighted by Crippen LogP contribution is 2.33. The molecule has 1 aliphatic rings. The molecule has 2 unspecified atom stereocenters. The van der Waals surface area contributed by atoms with Crippen molar-refractivity contribution in [2.45, 2.75) is 38.7 Å². The summed E-state index contributed by atoms with van der Waals surface area (Å²) in [4.78, 5) is 0. The number of halogens is 2. The third-order valence-electron chi connectivity index (χ3n) is 3.51. The van der Waals surface area contributed by atoms with Crippen molar-refractivity contribution in [3.05, 3.63) is 23.8 Å². The average Bonchev–Trinajstić information content (AvgIpc) is 2.67. The van der Waals surface area contributed by atoms with Gasteiger partial charge in [-0.3, -0.25) is 0 Å². The molecule has 0 spiro atoms. The zero-order valence-electron chi connectivity index (χ0n) is 9.92. The van der Waals surface area contributed by atoms with Gasteiger partial charge in [-0.15, -0.1) is 0 Å². The minimum atomic E-state index is -2.49. The molecule has 3 N–H and O–H groups in total. The number of anilines is 2. The SMILES string of the molecule is CC1CCCC1Nc1ccc(N)cc1C(F)F. The Kier molecular flexibility index (Phi) is 3.50. The van der Waals surface area contributed by atoms with E-state index in [9.17, 15) is 8.78 Å². The quantitative estimate of drug-likeness (QED) is 0.788. The molecule has 2 nitrogen and oxygen atoms in total. The Bertz CT molecular complexity index is 393. The lowest BCUT2D eigenvalue weighted by Gasteiger charge is -2.21. The summed E-state index contributed by atoms with van der Waals surface area (Å²) >= 11 is 0. The topological polar surface area (TPSA) is 38.0 Å². The lowest BCUT2D eigenvalue weighted by Crippen LogP contribution is -2.22. The van der Waals surface area contributed by atoms with E-state index in [1.54, 1.807) is 12.1 Å². The van der Waals surface area contributed by atoms with E-state index in [1.165, 1.54) is 6.07 Å². The third kappa shape index (κ3) is 2.68. The predicted molar refractivity (Wildman–Crippen MR) is 66.2 cm³/mol. The smallest absolute Gasteiger partial charge is 0.265 e. The lowest BCUT2D eigenvalue weighted by atomic mass is 10.0. The largest absolute Gasteiger partial charge is 0.399 e. The fraction of sp³-hybridized carbons (Fsp3) is 0.538. The molecule has 4 heteroatoms. The van der Waals surface area contributed by atoms with Gasteiger partial charge in [0.2, 0.25) is 0 Å². The van der Waals surface area contributed by atoms with E-state index in [-0.39, 0.29) is 5.56 Å². The van der Waals surface area contributed by atoms with Crippen LogP contribution >= 0.6 is 0 Å². The number of hydrogen-bond acceptors (Lipinski definition) is 2. The summed E-state index contributed by atoms with van der Waals surface area (Å²) in [7, 11) is 0. The molecule has 94 valence electrons. The summed E-state index contributed by atoms with van der Waals surface area (Å²) in [6.07, 6.45) is 0.889. The first-order chi connectivity index (χ1) is 8.08. The Hall–Kier alpha value is -1.32. The molecule has 0 amide bonds. The number of alkyl halides is 2. The van der Waals surface area contributed by atoms with Crippen molar-refractivity contribution in [2.24, 2.45) is 5.92 Å². The molecule has 1 aromatic carbocycles. The van der Waals surface area contributed by atoms with Crippen LogP contribution in [0.15, 0.2) is 18.2 Å². The van der Waals surface area contributed by atoms with E-state index < -0.39 is 6.43 Å². The zero-order chi connectivity index (χ0) is 12.4. The van der Waals surface area contributed by atoms with Crippen LogP contribution in [0.3, 0.4) is 0 Å². The van der Waals surface area contributed by atoms with Crippen LogP contribution in [-0.2, 0) is 0 Å². The van der Waals surface area contributed by atoms with E-state index in [0.29, 0.717) is 23.3 Å². The van der Waals surface area contributed by atoms with Crippen LogP contribution in [0, 0.1) is 5.92 Å². The Morgan fingerprint density at radius 1 is 1.35 bits per heavy atom. The number of nitrogens with two attached hydrogens (primary N) is 1. The number of hydrogen-bond donors (Lipinski definition) is 2. The Balaban J connectivity index is 2.19. The summed E-state index contributed by atoms with van der Waals surface area (Å²) in [5.41, 5.74) is 6.44. The highest BCUT2D eigenvalue weighted by molar-refractivity contribution is 5.59. The van der Waals surface area contributed by atoms with Crippen molar-refractivity contribution < 1.29 is 8.78 Å². The third-order valence-corrected chi connectivity index (χ3v) is 3.51. The first-order valence-electron chi connectivity index (χ1n) is 6.02. The molecule has 0 saturated heterocycles. The summed E-state index contributed by atoms with van der Waals surface area (Å²) < 4.78 is 25.8. The van der Waals surface area contributed by atoms with Crippen LogP contribution in [0.25, 0.3) is 0 Å². The van der Waals surface area contributed by atoms with E-state index in [0.717, 1.165) is 19.3 Å². The first-order valence-corrected chi connectivity index (χ1v) is 6.02. The van der Waals surface area contributed by atoms with Gasteiger partial charge in [-0.1, -0.05) is 13.3 Å². The zero-order valence-corrected chi connectivity index (χ0v) is 9.92. The minimum absolute atomic E-state index is 0.00380. The molecular formula is C13H18F2N2. The molecule has 0 aromatic heterocycles. The van der Waals surface area contributed by atoms with Gasteiger partial charge in [-0.25, -0.2) is 8.78 Å². The van der Waals surface area contributed by atoms with Crippen molar-refractivity contribution in [2.75, 3.05) is 11.1 Å². The Morgan fingerprint density at radius 2 is 2.12 bits per heavy atom. The fourth-order valence-electron chi connectivity index (χ4n) is 2.45. The second kappa shape index (κ2) is 4.90. The van der Waals surface area contributed by atoms with Gasteiger partial charge in [-0.2, -0.15) is 0 Å². The molecule has 1 fully saturated rings. The van der Waals surface area contributed by atoms with Gasteiger partial charge in [0, 0.05) is 23.0 Å². The average molecular weight is 240 g/mol. The van der Waals surface area contributed by atoms with E-state index >= 15 is 0 Å². The highest BCUT2D eigenvalue weighted by Gasteiger charge is 2.24. The molecule has 0 bridgehead atoms. The predicted octanol–water partition coefficient (Wildman–Crippen LogP) is 3.81. The van der Waals surface area contributed by atoms with Crippen molar-refractivity contribution in [3.63, 3.8) is 0 Å². The van der Waals surface area contributed by atoms with Crippen LogP contribution in [0.4, 0.5) is 20.2 Å². The molecule has 0 heterocycles. The van der Waals surface area contributed by atoms with Crippen LogP contribution in [0.2, 0.25) is 0 Å². The van der Waals surface area contributed by atoms with E-state index in [1.807, 2.05) is 0 Å². The molecule has 1 aromatic rings. The molecule has 17 heavy (non-hydrogen) atoms. The molecule has 2 rings (SSSR count). The maximum Gasteiger partial charge on any atom is 0.265 e. The van der Waals surface area contributed by atoms with E-state index in [2.05, 4.69) is 12.2 Å². The monoisotopic (exact) mass is 240 g/mol. The molecule has 1 aliphatic carbocycles. The van der Waals surface area contributed by atoms with Crippen LogP contribution in [0.1, 0.15) is 38.2 Å². The fourth-order valence-corrected chi connectivity index (χ4v) is 2.45. The van der Waals surface area contributed by atoms with Gasteiger partial charge >= 0.3 is 0 Å². The van der Waals surface area contributed by atoms with Gasteiger partial charge < -0.3 is 11.1 Å². The number of benzene rings is 1.